The largest absolute Gasteiger partial charge is 0.453 e. The van der Waals surface area contributed by atoms with Gasteiger partial charge in [0.1, 0.15) is 5.75 Å². The lowest BCUT2D eigenvalue weighted by Gasteiger charge is -2.33. The molecule has 0 amide bonds. The van der Waals surface area contributed by atoms with E-state index in [1.807, 2.05) is 0 Å². The predicted octanol–water partition coefficient (Wildman–Crippen LogP) is 4.48. The molecule has 0 radical (unpaired) electrons. The van der Waals surface area contributed by atoms with E-state index in [0.29, 0.717) is 17.4 Å². The average Bonchev–Trinajstić information content (AvgIpc) is 3.29. The normalized spacial score (nSPS) is 17.9. The maximum Gasteiger partial charge on any atom is 0.218 e. The minimum Gasteiger partial charge on any atom is -0.453 e. The Morgan fingerprint density at radius 2 is 1.97 bits per heavy atom. The molecular weight excluding hydrogens is 412 g/mol. The molecule has 0 aliphatic heterocycles. The maximum absolute atomic E-state index is 13.0. The van der Waals surface area contributed by atoms with Gasteiger partial charge in [-0.05, 0) is 80.0 Å². The summed E-state index contributed by atoms with van der Waals surface area (Å²) in [7, 11) is -3.90. The Morgan fingerprint density at radius 1 is 1.23 bits per heavy atom. The van der Waals surface area contributed by atoms with Crippen molar-refractivity contribution >= 4 is 15.6 Å². The van der Waals surface area contributed by atoms with Crippen LogP contribution in [0.2, 0.25) is 0 Å². The van der Waals surface area contributed by atoms with Crippen LogP contribution < -0.4 is 0 Å². The van der Waals surface area contributed by atoms with Gasteiger partial charge < -0.3 is 9.52 Å². The Hall–Kier alpha value is -1.92. The molecule has 1 fully saturated rings. The van der Waals surface area contributed by atoms with Gasteiger partial charge >= 0.3 is 0 Å². The van der Waals surface area contributed by atoms with E-state index in [4.69, 9.17) is 4.42 Å². The summed E-state index contributed by atoms with van der Waals surface area (Å²) in [4.78, 5) is 13.0. The number of benzene rings is 1. The zero-order valence-corrected chi connectivity index (χ0v) is 19.4. The third-order valence-electron chi connectivity index (χ3n) is 7.10. The van der Waals surface area contributed by atoms with E-state index in [1.54, 1.807) is 13.8 Å². The minimum absolute atomic E-state index is 0.147. The molecule has 1 aromatic heterocycles. The van der Waals surface area contributed by atoms with Gasteiger partial charge in [-0.1, -0.05) is 25.5 Å². The zero-order valence-electron chi connectivity index (χ0n) is 18.6. The van der Waals surface area contributed by atoms with Crippen LogP contribution in [-0.2, 0) is 39.5 Å². The summed E-state index contributed by atoms with van der Waals surface area (Å²) in [5, 5.41) is 9.80. The van der Waals surface area contributed by atoms with Crippen molar-refractivity contribution in [2.45, 2.75) is 82.3 Å². The summed E-state index contributed by atoms with van der Waals surface area (Å²) in [5.41, 5.74) is 4.01. The highest BCUT2D eigenvalue weighted by molar-refractivity contribution is 7.92. The second-order valence-corrected chi connectivity index (χ2v) is 11.7. The van der Waals surface area contributed by atoms with Crippen molar-refractivity contribution in [3.63, 3.8) is 0 Å². The summed E-state index contributed by atoms with van der Waals surface area (Å²) < 4.78 is 30.8. The molecule has 1 saturated carbocycles. The first-order chi connectivity index (χ1) is 14.6. The summed E-state index contributed by atoms with van der Waals surface area (Å²) in [6.07, 6.45) is 8.17. The number of Topliss-reactive ketones (excluding diaryl/α,β-unsaturated/α-hetero) is 1. The van der Waals surface area contributed by atoms with Gasteiger partial charge in [-0.3, -0.25) is 4.79 Å². The first-order valence-electron chi connectivity index (χ1n) is 11.3. The van der Waals surface area contributed by atoms with E-state index < -0.39 is 21.2 Å². The summed E-state index contributed by atoms with van der Waals surface area (Å²) >= 11 is 0. The number of carbonyl (C=O) groups excluding carboxylic acids is 1. The number of hydrogen-bond donors (Lipinski definition) is 1. The highest BCUT2D eigenvalue weighted by atomic mass is 32.2. The molecule has 6 heteroatoms. The van der Waals surface area contributed by atoms with Crippen molar-refractivity contribution in [1.29, 1.82) is 0 Å². The number of ketones is 1. The molecule has 0 spiro atoms. The molecule has 5 nitrogen and oxygen atoms in total. The summed E-state index contributed by atoms with van der Waals surface area (Å²) in [5.74, 6) is 0.134. The third kappa shape index (κ3) is 4.51. The van der Waals surface area contributed by atoms with Crippen molar-refractivity contribution in [3.8, 4) is 0 Å². The molecule has 4 rings (SSSR count). The number of furan rings is 1. The number of hydrogen-bond acceptors (Lipinski definition) is 5. The fraction of sp³-hybridized carbons (Fsp3) is 0.560. The quantitative estimate of drug-likeness (QED) is 0.649. The molecule has 2 aliphatic carbocycles. The van der Waals surface area contributed by atoms with Gasteiger partial charge in [-0.2, -0.15) is 0 Å². The first-order valence-corrected chi connectivity index (χ1v) is 12.9. The number of carbonyl (C=O) groups is 1. The Kier molecular flexibility index (Phi) is 5.90. The SMILES string of the molecule is C[C@@H](c1ccc2c(c1CC(=O)CS(=O)(=O)c1cc(C(C)(C)O)co1)CCC2)C1CCC1. The Labute approximate surface area is 184 Å². The van der Waals surface area contributed by atoms with Crippen molar-refractivity contribution in [3.05, 3.63) is 52.3 Å². The number of aliphatic hydroxyl groups is 1. The van der Waals surface area contributed by atoms with Gasteiger partial charge in [0.15, 0.2) is 5.78 Å². The van der Waals surface area contributed by atoms with Crippen molar-refractivity contribution in [1.82, 2.24) is 0 Å². The molecule has 1 atom stereocenters. The van der Waals surface area contributed by atoms with Crippen molar-refractivity contribution < 1.29 is 22.7 Å². The average molecular weight is 445 g/mol. The van der Waals surface area contributed by atoms with E-state index in [1.165, 1.54) is 48.3 Å². The second-order valence-electron chi connectivity index (χ2n) is 9.79. The lowest BCUT2D eigenvalue weighted by atomic mass is 9.72. The monoisotopic (exact) mass is 444 g/mol. The molecule has 1 heterocycles. The van der Waals surface area contributed by atoms with Crippen molar-refractivity contribution in [2.24, 2.45) is 5.92 Å². The van der Waals surface area contributed by atoms with E-state index in [9.17, 15) is 18.3 Å². The van der Waals surface area contributed by atoms with Crippen LogP contribution in [0.25, 0.3) is 0 Å². The van der Waals surface area contributed by atoms with Crippen LogP contribution in [-0.4, -0.2) is 25.1 Å². The Bertz CT molecular complexity index is 1080. The van der Waals surface area contributed by atoms with Crippen LogP contribution in [0.5, 0.6) is 0 Å². The van der Waals surface area contributed by atoms with Gasteiger partial charge in [0.25, 0.3) is 0 Å². The van der Waals surface area contributed by atoms with Gasteiger partial charge in [-0.15, -0.1) is 0 Å². The molecular formula is C25H32O5S. The van der Waals surface area contributed by atoms with Crippen molar-refractivity contribution in [2.75, 3.05) is 5.75 Å². The molecule has 0 bridgehead atoms. The summed E-state index contributed by atoms with van der Waals surface area (Å²) in [6.45, 7) is 5.35. The fourth-order valence-corrected chi connectivity index (χ4v) is 6.09. The van der Waals surface area contributed by atoms with Gasteiger partial charge in [0, 0.05) is 18.1 Å². The van der Waals surface area contributed by atoms with Gasteiger partial charge in [0.05, 0.1) is 11.9 Å². The molecule has 2 aliphatic rings. The van der Waals surface area contributed by atoms with Crippen LogP contribution in [0.3, 0.4) is 0 Å². The van der Waals surface area contributed by atoms with Gasteiger partial charge in [0.2, 0.25) is 14.9 Å². The smallest absolute Gasteiger partial charge is 0.218 e. The third-order valence-corrected chi connectivity index (χ3v) is 8.63. The van der Waals surface area contributed by atoms with Crippen LogP contribution >= 0.6 is 0 Å². The zero-order chi connectivity index (χ0) is 22.4. The van der Waals surface area contributed by atoms with E-state index in [0.717, 1.165) is 24.8 Å². The number of fused-ring (bicyclic) bond motifs is 1. The van der Waals surface area contributed by atoms with E-state index >= 15 is 0 Å². The molecule has 0 saturated heterocycles. The highest BCUT2D eigenvalue weighted by Gasteiger charge is 2.31. The molecule has 1 aromatic carbocycles. The number of aryl methyl sites for hydroxylation is 1. The maximum atomic E-state index is 13.0. The van der Waals surface area contributed by atoms with E-state index in [-0.39, 0.29) is 17.3 Å². The van der Waals surface area contributed by atoms with Crippen LogP contribution in [0.1, 0.15) is 80.2 Å². The highest BCUT2D eigenvalue weighted by Crippen LogP contribution is 2.42. The van der Waals surface area contributed by atoms with Gasteiger partial charge in [-0.25, -0.2) is 8.42 Å². The molecule has 0 unspecified atom stereocenters. The number of sulfone groups is 1. The summed E-state index contributed by atoms with van der Waals surface area (Å²) in [6, 6.07) is 5.69. The Balaban J connectivity index is 1.57. The fourth-order valence-electron chi connectivity index (χ4n) is 4.92. The molecule has 31 heavy (non-hydrogen) atoms. The van der Waals surface area contributed by atoms with E-state index in [2.05, 4.69) is 19.1 Å². The lowest BCUT2D eigenvalue weighted by Crippen LogP contribution is -2.22. The molecule has 1 N–H and O–H groups in total. The van der Waals surface area contributed by atoms with Crippen LogP contribution in [0, 0.1) is 5.92 Å². The Morgan fingerprint density at radius 3 is 2.58 bits per heavy atom. The predicted molar refractivity (Wildman–Crippen MR) is 119 cm³/mol. The second kappa shape index (κ2) is 8.21. The number of rotatable bonds is 8. The standard InChI is InChI=1S/C25H32O5S/c1-16(17-6-4-7-17)21-11-10-18-8-5-9-22(18)23(21)13-20(26)15-31(28,29)24-12-19(14-30-24)25(2,3)27/h10-12,14,16-17,27H,4-9,13,15H2,1-3H3/t16-/m1/s1. The topological polar surface area (TPSA) is 84.6 Å². The lowest BCUT2D eigenvalue weighted by molar-refractivity contribution is -0.116. The van der Waals surface area contributed by atoms with Crippen LogP contribution in [0.4, 0.5) is 0 Å². The minimum atomic E-state index is -3.90. The molecule has 2 aromatic rings. The van der Waals surface area contributed by atoms with Crippen LogP contribution in [0.15, 0.2) is 34.0 Å². The first kappa shape index (κ1) is 22.3. The molecule has 168 valence electrons.